The molecule has 0 radical (unpaired) electrons. The van der Waals surface area contributed by atoms with Gasteiger partial charge >= 0.3 is 0 Å². The van der Waals surface area contributed by atoms with Crippen LogP contribution in [0.2, 0.25) is 5.02 Å². The first-order chi connectivity index (χ1) is 14.7. The molecule has 0 fully saturated rings. The minimum absolute atomic E-state index is 0. The molecule has 0 saturated heterocycles. The van der Waals surface area contributed by atoms with E-state index in [1.54, 1.807) is 0 Å². The van der Waals surface area contributed by atoms with Gasteiger partial charge in [-0.05, 0) is 30.7 Å². The third kappa shape index (κ3) is 5.36. The number of fused-ring (bicyclic) bond motifs is 5. The summed E-state index contributed by atoms with van der Waals surface area (Å²) in [7, 11) is 2.15. The van der Waals surface area contributed by atoms with Crippen molar-refractivity contribution < 1.29 is 28.5 Å². The number of nitrogens with zero attached hydrogens (tertiary/aromatic N) is 2. The Bertz CT molecular complexity index is 1150. The predicted octanol–water partition coefficient (Wildman–Crippen LogP) is 4.96. The molecule has 0 unspecified atom stereocenters. The number of aromatic nitrogens is 2. The van der Waals surface area contributed by atoms with E-state index in [0.29, 0.717) is 0 Å². The summed E-state index contributed by atoms with van der Waals surface area (Å²) in [6.07, 6.45) is 14.5. The third-order valence-electron chi connectivity index (χ3n) is 6.42. The van der Waals surface area contributed by atoms with Crippen molar-refractivity contribution >= 4 is 44.3 Å². The van der Waals surface area contributed by atoms with E-state index in [2.05, 4.69) is 65.7 Å². The van der Waals surface area contributed by atoms with E-state index >= 15 is 0 Å². The molecule has 2 aromatic heterocycles. The zero-order valence-electron chi connectivity index (χ0n) is 18.8. The van der Waals surface area contributed by atoms with Crippen LogP contribution in [0.15, 0.2) is 48.7 Å². The molecule has 0 aliphatic rings. The van der Waals surface area contributed by atoms with E-state index in [4.69, 9.17) is 11.6 Å². The molecule has 0 aliphatic heterocycles. The largest absolute Gasteiger partial charge is 1.00 e. The molecule has 0 amide bonds. The number of benzene rings is 2. The number of hydrogen-bond acceptors (Lipinski definition) is 0. The van der Waals surface area contributed by atoms with Crippen molar-refractivity contribution in [2.75, 3.05) is 0 Å². The van der Waals surface area contributed by atoms with Crippen LogP contribution in [0.5, 0.6) is 0 Å². The number of unbranched alkanes of at least 4 members (excludes halogenated alkanes) is 8. The van der Waals surface area contributed by atoms with E-state index in [1.807, 2.05) is 6.07 Å². The fraction of sp³-hybridized carbons (Fsp3) is 0.444. The molecule has 0 spiro atoms. The molecule has 0 saturated carbocycles. The zero-order chi connectivity index (χ0) is 20.9. The second kappa shape index (κ2) is 11.5. The molecular weight excluding hydrogens is 515 g/mol. The minimum Gasteiger partial charge on any atom is -1.00 e. The van der Waals surface area contributed by atoms with Gasteiger partial charge in [0.25, 0.3) is 0 Å². The lowest BCUT2D eigenvalue weighted by molar-refractivity contribution is -0.643. The fourth-order valence-electron chi connectivity index (χ4n) is 4.83. The molecule has 2 aromatic carbocycles. The average Bonchev–Trinajstić information content (AvgIpc) is 3.05. The highest BCUT2D eigenvalue weighted by Crippen LogP contribution is 2.35. The Kier molecular flexibility index (Phi) is 9.03. The summed E-state index contributed by atoms with van der Waals surface area (Å²) < 4.78 is 4.76. The Balaban J connectivity index is 0.00000272. The molecule has 0 N–H and O–H groups in total. The molecule has 2 heterocycles. The van der Waals surface area contributed by atoms with Gasteiger partial charge in [-0.25, -0.2) is 0 Å². The molecule has 0 bridgehead atoms. The molecular formula is C27H34ClIN2. The fourth-order valence-corrected chi connectivity index (χ4v) is 5.00. The SMILES string of the molecule is CCCCCCCCCCCn1c2ccc(Cl)cc2c2c3ccccc3[n+](C)cc21.[I-]. The average molecular weight is 549 g/mol. The Hall–Kier alpha value is -1.33. The Morgan fingerprint density at radius 3 is 2.23 bits per heavy atom. The van der Waals surface area contributed by atoms with Crippen molar-refractivity contribution in [2.45, 2.75) is 71.3 Å². The molecule has 4 heteroatoms. The van der Waals surface area contributed by atoms with Crippen LogP contribution < -0.4 is 28.5 Å². The van der Waals surface area contributed by atoms with Gasteiger partial charge in [-0.15, -0.1) is 0 Å². The topological polar surface area (TPSA) is 8.81 Å². The van der Waals surface area contributed by atoms with Crippen molar-refractivity contribution in [1.82, 2.24) is 4.57 Å². The zero-order valence-corrected chi connectivity index (χ0v) is 21.8. The first kappa shape index (κ1) is 24.3. The smallest absolute Gasteiger partial charge is 0.213 e. The maximum absolute atomic E-state index is 6.40. The summed E-state index contributed by atoms with van der Waals surface area (Å²) in [5.74, 6) is 0. The summed E-state index contributed by atoms with van der Waals surface area (Å²) in [5.41, 5.74) is 3.87. The van der Waals surface area contributed by atoms with Crippen molar-refractivity contribution in [1.29, 1.82) is 0 Å². The van der Waals surface area contributed by atoms with Gasteiger partial charge in [0.1, 0.15) is 12.6 Å². The summed E-state index contributed by atoms with van der Waals surface area (Å²) in [5, 5.41) is 4.71. The van der Waals surface area contributed by atoms with Gasteiger partial charge < -0.3 is 28.5 Å². The highest BCUT2D eigenvalue weighted by atomic mass is 127. The molecule has 0 atom stereocenters. The molecule has 166 valence electrons. The maximum atomic E-state index is 6.40. The van der Waals surface area contributed by atoms with Gasteiger partial charge in [-0.3, -0.25) is 0 Å². The number of rotatable bonds is 10. The highest BCUT2D eigenvalue weighted by molar-refractivity contribution is 6.32. The Morgan fingerprint density at radius 1 is 0.806 bits per heavy atom. The predicted molar refractivity (Wildman–Crippen MR) is 130 cm³/mol. The summed E-state index contributed by atoms with van der Waals surface area (Å²) in [4.78, 5) is 0. The molecule has 4 rings (SSSR count). The maximum Gasteiger partial charge on any atom is 0.213 e. The lowest BCUT2D eigenvalue weighted by atomic mass is 10.1. The van der Waals surface area contributed by atoms with Gasteiger partial charge in [0.05, 0.1) is 5.39 Å². The summed E-state index contributed by atoms with van der Waals surface area (Å²) in [6.45, 7) is 3.35. The monoisotopic (exact) mass is 548 g/mol. The first-order valence-electron chi connectivity index (χ1n) is 11.7. The van der Waals surface area contributed by atoms with Gasteiger partial charge in [0, 0.05) is 33.9 Å². The van der Waals surface area contributed by atoms with Crippen LogP contribution >= 0.6 is 11.6 Å². The number of pyridine rings is 1. The van der Waals surface area contributed by atoms with E-state index in [1.165, 1.54) is 90.5 Å². The van der Waals surface area contributed by atoms with Gasteiger partial charge in [0.15, 0.2) is 6.20 Å². The van der Waals surface area contributed by atoms with Crippen molar-refractivity contribution in [2.24, 2.45) is 7.05 Å². The second-order valence-electron chi connectivity index (χ2n) is 8.66. The van der Waals surface area contributed by atoms with Gasteiger partial charge in [0.2, 0.25) is 5.52 Å². The van der Waals surface area contributed by atoms with Crippen molar-refractivity contribution in [3.63, 3.8) is 0 Å². The minimum atomic E-state index is 0. The van der Waals surface area contributed by atoms with E-state index < -0.39 is 0 Å². The van der Waals surface area contributed by atoms with Gasteiger partial charge in [-0.1, -0.05) is 82.0 Å². The lowest BCUT2D eigenvalue weighted by Gasteiger charge is -2.08. The van der Waals surface area contributed by atoms with Crippen LogP contribution in [0.1, 0.15) is 64.7 Å². The molecule has 31 heavy (non-hydrogen) atoms. The van der Waals surface area contributed by atoms with E-state index in [0.717, 1.165) is 11.6 Å². The quantitative estimate of drug-likeness (QED) is 0.150. The summed E-state index contributed by atoms with van der Waals surface area (Å²) >= 11 is 6.40. The lowest BCUT2D eigenvalue weighted by Crippen LogP contribution is -3.00. The van der Waals surface area contributed by atoms with Gasteiger partial charge in [-0.2, -0.15) is 4.57 Å². The first-order valence-corrected chi connectivity index (χ1v) is 12.1. The Labute approximate surface area is 208 Å². The molecule has 0 aliphatic carbocycles. The Morgan fingerprint density at radius 2 is 1.48 bits per heavy atom. The number of hydrogen-bond donors (Lipinski definition) is 0. The number of para-hydroxylation sites is 1. The van der Waals surface area contributed by atoms with Crippen molar-refractivity contribution in [3.05, 3.63) is 53.7 Å². The standard InChI is InChI=1S/C27H34ClN2.HI/c1-3-4-5-6-7-8-9-10-13-18-30-25-17-16-21(28)19-23(25)27-22-14-11-12-15-24(22)29(2)20-26(27)30;/h11-12,14-17,19-20H,3-10,13,18H2,1-2H3;1H/q+1;/p-1. The number of halogens is 2. The summed E-state index contributed by atoms with van der Waals surface area (Å²) in [6, 6.07) is 15.0. The second-order valence-corrected chi connectivity index (χ2v) is 9.10. The van der Waals surface area contributed by atoms with Crippen molar-refractivity contribution in [3.8, 4) is 0 Å². The van der Waals surface area contributed by atoms with Crippen LogP contribution in [-0.4, -0.2) is 4.57 Å². The van der Waals surface area contributed by atoms with E-state index in [-0.39, 0.29) is 24.0 Å². The van der Waals surface area contributed by atoms with Crippen LogP contribution in [0.25, 0.3) is 32.7 Å². The number of aryl methyl sites for hydroxylation is 2. The van der Waals surface area contributed by atoms with E-state index in [9.17, 15) is 0 Å². The van der Waals surface area contributed by atoms with Crippen LogP contribution in [0.3, 0.4) is 0 Å². The molecule has 2 nitrogen and oxygen atoms in total. The van der Waals surface area contributed by atoms with Crippen LogP contribution in [-0.2, 0) is 13.6 Å². The third-order valence-corrected chi connectivity index (χ3v) is 6.66. The van der Waals surface area contributed by atoms with Crippen LogP contribution in [0.4, 0.5) is 0 Å². The van der Waals surface area contributed by atoms with Crippen LogP contribution in [0, 0.1) is 0 Å². The normalized spacial score (nSPS) is 11.5. The highest BCUT2D eigenvalue weighted by Gasteiger charge is 2.18. The molecule has 4 aromatic rings.